The fraction of sp³-hybridized carbons (Fsp3) is 0. The highest BCUT2D eigenvalue weighted by molar-refractivity contribution is 7.89. The van der Waals surface area contributed by atoms with Gasteiger partial charge in [-0.05, 0) is 24.3 Å². The van der Waals surface area contributed by atoms with Crippen molar-refractivity contribution in [3.05, 3.63) is 36.7 Å². The first kappa shape index (κ1) is 8.12. The number of hydrogen-bond acceptors (Lipinski definition) is 3. The number of nitrogens with two attached hydrogens (primary N) is 1. The van der Waals surface area contributed by atoms with Crippen LogP contribution in [-0.2, 0) is 10.0 Å². The molecule has 1 aromatic carbocycles. The second-order valence-electron chi connectivity index (χ2n) is 2.70. The lowest BCUT2D eigenvalue weighted by molar-refractivity contribution is 0.570. The smallest absolute Gasteiger partial charge is 0.267 e. The first-order chi connectivity index (χ1) is 6.10. The second kappa shape index (κ2) is 2.50. The van der Waals surface area contributed by atoms with E-state index in [1.165, 1.54) is 28.8 Å². The van der Waals surface area contributed by atoms with E-state index in [1.54, 1.807) is 12.1 Å². The molecule has 1 aromatic rings. The molecule has 4 nitrogen and oxygen atoms in total. The molecule has 0 unspecified atom stereocenters. The highest BCUT2D eigenvalue weighted by atomic mass is 32.2. The molecule has 5 heteroatoms. The summed E-state index contributed by atoms with van der Waals surface area (Å²) in [5.41, 5.74) is 5.99. The molecule has 0 aromatic heterocycles. The molecule has 2 rings (SSSR count). The van der Waals surface area contributed by atoms with E-state index in [2.05, 4.69) is 0 Å². The van der Waals surface area contributed by atoms with Gasteiger partial charge in [-0.15, -0.1) is 0 Å². The summed E-state index contributed by atoms with van der Waals surface area (Å²) in [5, 5.41) is 0. The quantitative estimate of drug-likeness (QED) is 0.710. The van der Waals surface area contributed by atoms with Crippen molar-refractivity contribution in [3.63, 3.8) is 0 Å². The molecular weight excluding hydrogens is 188 g/mol. The van der Waals surface area contributed by atoms with E-state index < -0.39 is 10.0 Å². The zero-order valence-electron chi connectivity index (χ0n) is 6.71. The molecule has 0 fully saturated rings. The van der Waals surface area contributed by atoms with Crippen LogP contribution in [0.25, 0.3) is 0 Å². The van der Waals surface area contributed by atoms with Gasteiger partial charge in [0, 0.05) is 18.1 Å². The summed E-state index contributed by atoms with van der Waals surface area (Å²) in [6, 6.07) is 6.11. The maximum atomic E-state index is 11.5. The van der Waals surface area contributed by atoms with Crippen molar-refractivity contribution in [2.75, 3.05) is 5.73 Å². The maximum Gasteiger partial charge on any atom is 0.267 e. The predicted octanol–water partition coefficient (Wildman–Crippen LogP) is 0.744. The number of nitrogen functional groups attached to an aromatic ring is 1. The van der Waals surface area contributed by atoms with Gasteiger partial charge in [0.25, 0.3) is 10.0 Å². The van der Waals surface area contributed by atoms with Gasteiger partial charge in [-0.1, -0.05) is 0 Å². The molecular formula is C8H8N2O2S. The third kappa shape index (κ3) is 1.38. The first-order valence-corrected chi connectivity index (χ1v) is 5.12. The van der Waals surface area contributed by atoms with Crippen molar-refractivity contribution in [1.29, 1.82) is 0 Å². The molecule has 0 spiro atoms. The summed E-state index contributed by atoms with van der Waals surface area (Å²) < 4.78 is 24.2. The van der Waals surface area contributed by atoms with E-state index in [-0.39, 0.29) is 4.90 Å². The maximum absolute atomic E-state index is 11.5. The summed E-state index contributed by atoms with van der Waals surface area (Å²) in [5.74, 6) is 0. The molecule has 0 saturated carbocycles. The van der Waals surface area contributed by atoms with Crippen LogP contribution in [0.1, 0.15) is 0 Å². The van der Waals surface area contributed by atoms with E-state index in [0.29, 0.717) is 5.69 Å². The molecule has 68 valence electrons. The Labute approximate surface area is 76.3 Å². The van der Waals surface area contributed by atoms with Crippen LogP contribution in [0.4, 0.5) is 5.69 Å². The van der Waals surface area contributed by atoms with Crippen LogP contribution in [-0.4, -0.2) is 12.7 Å². The van der Waals surface area contributed by atoms with Crippen LogP contribution in [0.15, 0.2) is 41.6 Å². The second-order valence-corrected chi connectivity index (χ2v) is 4.55. The van der Waals surface area contributed by atoms with Crippen molar-refractivity contribution in [3.8, 4) is 0 Å². The SMILES string of the molecule is Nc1ccc(S(=O)(=O)N2C=C2)cc1. The average molecular weight is 196 g/mol. The summed E-state index contributed by atoms with van der Waals surface area (Å²) in [6.45, 7) is 0. The highest BCUT2D eigenvalue weighted by Gasteiger charge is 2.25. The van der Waals surface area contributed by atoms with Gasteiger partial charge in [0.15, 0.2) is 0 Å². The summed E-state index contributed by atoms with van der Waals surface area (Å²) in [6.07, 6.45) is 2.98. The van der Waals surface area contributed by atoms with E-state index >= 15 is 0 Å². The third-order valence-corrected chi connectivity index (χ3v) is 3.39. The first-order valence-electron chi connectivity index (χ1n) is 3.68. The van der Waals surface area contributed by atoms with Crippen molar-refractivity contribution in [2.24, 2.45) is 0 Å². The van der Waals surface area contributed by atoms with Crippen LogP contribution in [0, 0.1) is 0 Å². The van der Waals surface area contributed by atoms with Gasteiger partial charge < -0.3 is 5.73 Å². The lowest BCUT2D eigenvalue weighted by atomic mass is 10.3. The van der Waals surface area contributed by atoms with Gasteiger partial charge in [0.05, 0.1) is 4.90 Å². The van der Waals surface area contributed by atoms with Crippen LogP contribution in [0.2, 0.25) is 0 Å². The zero-order valence-corrected chi connectivity index (χ0v) is 7.53. The Bertz CT molecular complexity index is 442. The molecule has 0 bridgehead atoms. The van der Waals surface area contributed by atoms with Crippen LogP contribution in [0.5, 0.6) is 0 Å². The van der Waals surface area contributed by atoms with Gasteiger partial charge in [-0.3, -0.25) is 0 Å². The highest BCUT2D eigenvalue weighted by Crippen LogP contribution is 2.23. The number of anilines is 1. The largest absolute Gasteiger partial charge is 0.399 e. The van der Waals surface area contributed by atoms with Crippen molar-refractivity contribution < 1.29 is 8.42 Å². The fourth-order valence-corrected chi connectivity index (χ4v) is 2.05. The number of sulfonamides is 1. The Morgan fingerprint density at radius 2 is 1.62 bits per heavy atom. The van der Waals surface area contributed by atoms with Crippen LogP contribution < -0.4 is 5.73 Å². The number of nitrogens with zero attached hydrogens (tertiary/aromatic N) is 1. The predicted molar refractivity (Wildman–Crippen MR) is 49.0 cm³/mol. The van der Waals surface area contributed by atoms with E-state index in [9.17, 15) is 8.42 Å². The minimum Gasteiger partial charge on any atom is -0.399 e. The lowest BCUT2D eigenvalue weighted by Crippen LogP contribution is -2.11. The molecule has 0 saturated heterocycles. The minimum atomic E-state index is -3.32. The van der Waals surface area contributed by atoms with E-state index in [4.69, 9.17) is 5.73 Å². The van der Waals surface area contributed by atoms with Crippen LogP contribution in [0.3, 0.4) is 0 Å². The number of rotatable bonds is 2. The van der Waals surface area contributed by atoms with Gasteiger partial charge in [0.2, 0.25) is 0 Å². The Morgan fingerprint density at radius 1 is 1.08 bits per heavy atom. The minimum absolute atomic E-state index is 0.256. The molecule has 0 atom stereocenters. The van der Waals surface area contributed by atoms with Crippen LogP contribution >= 0.6 is 0 Å². The topological polar surface area (TPSA) is 63.2 Å². The van der Waals surface area contributed by atoms with E-state index in [0.717, 1.165) is 0 Å². The van der Waals surface area contributed by atoms with E-state index in [1.807, 2.05) is 0 Å². The average Bonchev–Trinajstić information content (AvgIpc) is 2.87. The third-order valence-electron chi connectivity index (χ3n) is 1.73. The molecule has 0 amide bonds. The Hall–Kier alpha value is -1.49. The van der Waals surface area contributed by atoms with Crippen molar-refractivity contribution >= 4 is 15.7 Å². The number of hydrogen-bond donors (Lipinski definition) is 1. The lowest BCUT2D eigenvalue weighted by Gasteiger charge is -2.04. The van der Waals surface area contributed by atoms with Crippen molar-refractivity contribution in [1.82, 2.24) is 4.31 Å². The summed E-state index contributed by atoms with van der Waals surface area (Å²) in [4.78, 5) is 0.256. The molecule has 0 aliphatic carbocycles. The van der Waals surface area contributed by atoms with Gasteiger partial charge in [0.1, 0.15) is 0 Å². The molecule has 1 heterocycles. The Kier molecular flexibility index (Phi) is 1.56. The fourth-order valence-electron chi connectivity index (χ4n) is 0.949. The zero-order chi connectivity index (χ0) is 9.47. The Morgan fingerprint density at radius 3 is 2.08 bits per heavy atom. The Balaban J connectivity index is 2.40. The molecule has 13 heavy (non-hydrogen) atoms. The molecule has 1 aliphatic rings. The molecule has 1 aliphatic heterocycles. The normalized spacial score (nSPS) is 14.6. The summed E-state index contributed by atoms with van der Waals surface area (Å²) >= 11 is 0. The van der Waals surface area contributed by atoms with Gasteiger partial charge in [-0.25, -0.2) is 12.7 Å². The standard InChI is InChI=1S/C8H8N2O2S/c9-7-1-3-8(4-2-7)13(11,12)10-5-6-10/h1-6H,9H2. The van der Waals surface area contributed by atoms with Gasteiger partial charge >= 0.3 is 0 Å². The summed E-state index contributed by atoms with van der Waals surface area (Å²) in [7, 11) is -3.32. The number of benzene rings is 1. The molecule has 0 radical (unpaired) electrons. The van der Waals surface area contributed by atoms with Gasteiger partial charge in [-0.2, -0.15) is 0 Å². The monoisotopic (exact) mass is 196 g/mol. The van der Waals surface area contributed by atoms with Crippen molar-refractivity contribution in [2.45, 2.75) is 4.90 Å². The molecule has 2 N–H and O–H groups in total.